The summed E-state index contributed by atoms with van der Waals surface area (Å²) in [5, 5.41) is 4.13. The zero-order valence-electron chi connectivity index (χ0n) is 11.8. The number of hydrogen-bond acceptors (Lipinski definition) is 3. The second-order valence-electron chi connectivity index (χ2n) is 4.89. The standard InChI is InChI=1S/C13H26N2O2S/c1-4-8-17-12-6-5-7-15(9-12)13(18)14-11(2)10-16-3/h11-12H,4-10H2,1-3H3,(H,14,18). The van der Waals surface area contributed by atoms with Gasteiger partial charge in [0.05, 0.1) is 12.7 Å². The number of likely N-dealkylation sites (tertiary alicyclic amines) is 1. The normalized spacial score (nSPS) is 21.7. The number of thiocarbonyl (C=S) groups is 1. The van der Waals surface area contributed by atoms with Crippen LogP contribution in [0.3, 0.4) is 0 Å². The molecule has 5 heteroatoms. The van der Waals surface area contributed by atoms with Gasteiger partial charge < -0.3 is 19.7 Å². The van der Waals surface area contributed by atoms with E-state index in [1.807, 2.05) is 0 Å². The summed E-state index contributed by atoms with van der Waals surface area (Å²) in [6.45, 7) is 7.66. The van der Waals surface area contributed by atoms with Crippen molar-refractivity contribution in [2.75, 3.05) is 33.4 Å². The van der Waals surface area contributed by atoms with Gasteiger partial charge in [0.15, 0.2) is 5.11 Å². The second kappa shape index (κ2) is 8.67. The Morgan fingerprint density at radius 3 is 3.00 bits per heavy atom. The van der Waals surface area contributed by atoms with E-state index in [1.165, 1.54) is 0 Å². The maximum Gasteiger partial charge on any atom is 0.169 e. The number of hydrogen-bond donors (Lipinski definition) is 1. The molecule has 1 N–H and O–H groups in total. The molecule has 2 unspecified atom stereocenters. The van der Waals surface area contributed by atoms with E-state index < -0.39 is 0 Å². The van der Waals surface area contributed by atoms with Gasteiger partial charge >= 0.3 is 0 Å². The number of methoxy groups -OCH3 is 1. The van der Waals surface area contributed by atoms with Gasteiger partial charge in [0.2, 0.25) is 0 Å². The Morgan fingerprint density at radius 1 is 1.56 bits per heavy atom. The van der Waals surface area contributed by atoms with Crippen LogP contribution in [-0.2, 0) is 9.47 Å². The SMILES string of the molecule is CCCOC1CCCN(C(=S)NC(C)COC)C1. The van der Waals surface area contributed by atoms with Crippen LogP contribution in [0.25, 0.3) is 0 Å². The van der Waals surface area contributed by atoms with Gasteiger partial charge in [-0.3, -0.25) is 0 Å². The largest absolute Gasteiger partial charge is 0.383 e. The number of piperidine rings is 1. The van der Waals surface area contributed by atoms with Crippen molar-refractivity contribution < 1.29 is 9.47 Å². The highest BCUT2D eigenvalue weighted by atomic mass is 32.1. The molecule has 1 aliphatic heterocycles. The lowest BCUT2D eigenvalue weighted by Crippen LogP contribution is -2.50. The molecule has 0 aliphatic carbocycles. The summed E-state index contributed by atoms with van der Waals surface area (Å²) in [7, 11) is 1.71. The average molecular weight is 274 g/mol. The monoisotopic (exact) mass is 274 g/mol. The lowest BCUT2D eigenvalue weighted by Gasteiger charge is -2.35. The molecule has 1 fully saturated rings. The molecule has 0 aromatic rings. The summed E-state index contributed by atoms with van der Waals surface area (Å²) in [5.74, 6) is 0. The van der Waals surface area contributed by atoms with Crippen molar-refractivity contribution in [3.63, 3.8) is 0 Å². The maximum atomic E-state index is 5.81. The molecule has 1 aliphatic rings. The fraction of sp³-hybridized carbons (Fsp3) is 0.923. The van der Waals surface area contributed by atoms with Crippen LogP contribution in [0, 0.1) is 0 Å². The van der Waals surface area contributed by atoms with E-state index in [0.29, 0.717) is 12.7 Å². The van der Waals surface area contributed by atoms with Gasteiger partial charge in [-0.25, -0.2) is 0 Å². The van der Waals surface area contributed by atoms with Crippen LogP contribution in [0.4, 0.5) is 0 Å². The molecule has 0 aromatic heterocycles. The van der Waals surface area contributed by atoms with Crippen molar-refractivity contribution in [1.29, 1.82) is 0 Å². The molecule has 1 rings (SSSR count). The third-order valence-electron chi connectivity index (χ3n) is 3.01. The maximum absolute atomic E-state index is 5.81. The summed E-state index contributed by atoms with van der Waals surface area (Å²) >= 11 is 5.43. The molecule has 18 heavy (non-hydrogen) atoms. The smallest absolute Gasteiger partial charge is 0.169 e. The van der Waals surface area contributed by atoms with Gasteiger partial charge in [-0.15, -0.1) is 0 Å². The quantitative estimate of drug-likeness (QED) is 0.747. The lowest BCUT2D eigenvalue weighted by molar-refractivity contribution is 0.0161. The molecule has 1 saturated heterocycles. The molecule has 4 nitrogen and oxygen atoms in total. The highest BCUT2D eigenvalue weighted by Gasteiger charge is 2.22. The van der Waals surface area contributed by atoms with Crippen LogP contribution in [0.5, 0.6) is 0 Å². The van der Waals surface area contributed by atoms with Crippen LogP contribution < -0.4 is 5.32 Å². The first-order chi connectivity index (χ1) is 8.67. The fourth-order valence-electron chi connectivity index (χ4n) is 2.14. The van der Waals surface area contributed by atoms with Gasteiger partial charge in [0, 0.05) is 32.8 Å². The molecule has 0 radical (unpaired) electrons. The molecule has 2 atom stereocenters. The van der Waals surface area contributed by atoms with Crippen LogP contribution >= 0.6 is 12.2 Å². The van der Waals surface area contributed by atoms with Gasteiger partial charge in [0.25, 0.3) is 0 Å². The van der Waals surface area contributed by atoms with E-state index in [-0.39, 0.29) is 6.04 Å². The molecule has 0 spiro atoms. The first-order valence-electron chi connectivity index (χ1n) is 6.83. The third kappa shape index (κ3) is 5.50. The number of nitrogens with zero attached hydrogens (tertiary/aromatic N) is 1. The Kier molecular flexibility index (Phi) is 7.54. The highest BCUT2D eigenvalue weighted by molar-refractivity contribution is 7.80. The van der Waals surface area contributed by atoms with Crippen molar-refractivity contribution >= 4 is 17.3 Å². The second-order valence-corrected chi connectivity index (χ2v) is 5.27. The molecular weight excluding hydrogens is 248 g/mol. The minimum atomic E-state index is 0.249. The minimum Gasteiger partial charge on any atom is -0.383 e. The Balaban J connectivity index is 2.33. The third-order valence-corrected chi connectivity index (χ3v) is 3.39. The van der Waals surface area contributed by atoms with Gasteiger partial charge in [0.1, 0.15) is 0 Å². The zero-order valence-corrected chi connectivity index (χ0v) is 12.6. The minimum absolute atomic E-state index is 0.249. The summed E-state index contributed by atoms with van der Waals surface area (Å²) in [4.78, 5) is 2.21. The van der Waals surface area contributed by atoms with Crippen molar-refractivity contribution in [3.05, 3.63) is 0 Å². The van der Waals surface area contributed by atoms with E-state index >= 15 is 0 Å². The van der Waals surface area contributed by atoms with Crippen LogP contribution in [0.1, 0.15) is 33.1 Å². The molecule has 0 amide bonds. The number of nitrogens with one attached hydrogen (secondary N) is 1. The van der Waals surface area contributed by atoms with E-state index in [4.69, 9.17) is 21.7 Å². The molecule has 0 bridgehead atoms. The van der Waals surface area contributed by atoms with E-state index in [0.717, 1.165) is 44.1 Å². The van der Waals surface area contributed by atoms with Crippen LogP contribution in [0.15, 0.2) is 0 Å². The lowest BCUT2D eigenvalue weighted by atomic mass is 10.1. The summed E-state index contributed by atoms with van der Waals surface area (Å²) < 4.78 is 10.9. The zero-order chi connectivity index (χ0) is 13.4. The van der Waals surface area contributed by atoms with E-state index in [9.17, 15) is 0 Å². The Morgan fingerprint density at radius 2 is 2.33 bits per heavy atom. The summed E-state index contributed by atoms with van der Waals surface area (Å²) in [6, 6.07) is 0.249. The summed E-state index contributed by atoms with van der Waals surface area (Å²) in [5.41, 5.74) is 0. The van der Waals surface area contributed by atoms with Crippen molar-refractivity contribution in [1.82, 2.24) is 10.2 Å². The Labute approximate surface area is 116 Å². The van der Waals surface area contributed by atoms with E-state index in [1.54, 1.807) is 7.11 Å². The van der Waals surface area contributed by atoms with Crippen molar-refractivity contribution in [3.8, 4) is 0 Å². The molecule has 1 heterocycles. The van der Waals surface area contributed by atoms with Gasteiger partial charge in [-0.05, 0) is 38.4 Å². The Bertz CT molecular complexity index is 251. The summed E-state index contributed by atoms with van der Waals surface area (Å²) in [6.07, 6.45) is 3.70. The predicted molar refractivity (Wildman–Crippen MR) is 77.9 cm³/mol. The van der Waals surface area contributed by atoms with Gasteiger partial charge in [-0.1, -0.05) is 6.92 Å². The molecule has 0 saturated carbocycles. The van der Waals surface area contributed by atoms with Gasteiger partial charge in [-0.2, -0.15) is 0 Å². The molecule has 106 valence electrons. The fourth-order valence-corrected chi connectivity index (χ4v) is 2.50. The number of rotatable bonds is 6. The van der Waals surface area contributed by atoms with Crippen LogP contribution in [0.2, 0.25) is 0 Å². The average Bonchev–Trinajstić information content (AvgIpc) is 2.37. The van der Waals surface area contributed by atoms with Crippen molar-refractivity contribution in [2.24, 2.45) is 0 Å². The molecular formula is C13H26N2O2S. The highest BCUT2D eigenvalue weighted by Crippen LogP contribution is 2.13. The van der Waals surface area contributed by atoms with Crippen molar-refractivity contribution in [2.45, 2.75) is 45.3 Å². The first kappa shape index (κ1) is 15.7. The number of ether oxygens (including phenoxy) is 2. The molecule has 0 aromatic carbocycles. The first-order valence-corrected chi connectivity index (χ1v) is 7.24. The van der Waals surface area contributed by atoms with E-state index in [2.05, 4.69) is 24.1 Å². The predicted octanol–water partition coefficient (Wildman–Crippen LogP) is 1.79. The topological polar surface area (TPSA) is 33.7 Å². The van der Waals surface area contributed by atoms with Crippen LogP contribution in [-0.4, -0.2) is 55.6 Å². The Hall–Kier alpha value is -0.390.